The van der Waals surface area contributed by atoms with Crippen molar-refractivity contribution in [1.29, 1.82) is 0 Å². The molecule has 0 saturated carbocycles. The van der Waals surface area contributed by atoms with Crippen molar-refractivity contribution in [1.82, 2.24) is 0 Å². The standard InChI is InChI=1S/C24H21ClO3/c25-20-8-4-17(5-9-20)18-6-12-22-19(15-18)7-13-23(22)28-21-10-1-16(2-11-21)3-14-24(26)27/h1-2,4-6,8-12,15,23H,3,7,13-14H2,(H,26,27). The van der Waals surface area contributed by atoms with Crippen molar-refractivity contribution in [3.05, 3.63) is 88.4 Å². The van der Waals surface area contributed by atoms with Gasteiger partial charge in [-0.3, -0.25) is 4.79 Å². The third kappa shape index (κ3) is 4.20. The van der Waals surface area contributed by atoms with Crippen LogP contribution in [0.15, 0.2) is 66.7 Å². The first-order valence-corrected chi connectivity index (χ1v) is 9.82. The Morgan fingerprint density at radius 2 is 1.71 bits per heavy atom. The molecule has 0 aromatic heterocycles. The predicted octanol–water partition coefficient (Wildman–Crippen LogP) is 6.09. The van der Waals surface area contributed by atoms with E-state index in [4.69, 9.17) is 21.4 Å². The molecule has 1 atom stereocenters. The molecule has 0 saturated heterocycles. The Kier molecular flexibility index (Phi) is 5.36. The van der Waals surface area contributed by atoms with Gasteiger partial charge in [-0.1, -0.05) is 54.1 Å². The maximum absolute atomic E-state index is 10.7. The number of carbonyl (C=O) groups is 1. The summed E-state index contributed by atoms with van der Waals surface area (Å²) in [7, 11) is 0. The van der Waals surface area contributed by atoms with Gasteiger partial charge in [0.2, 0.25) is 0 Å². The van der Waals surface area contributed by atoms with Crippen LogP contribution in [-0.4, -0.2) is 11.1 Å². The van der Waals surface area contributed by atoms with Gasteiger partial charge in [-0.25, -0.2) is 0 Å². The van der Waals surface area contributed by atoms with Crippen molar-refractivity contribution in [3.8, 4) is 16.9 Å². The fourth-order valence-corrected chi connectivity index (χ4v) is 3.80. The molecule has 0 bridgehead atoms. The van der Waals surface area contributed by atoms with Crippen molar-refractivity contribution >= 4 is 17.6 Å². The van der Waals surface area contributed by atoms with Gasteiger partial charge in [0.1, 0.15) is 11.9 Å². The molecule has 0 spiro atoms. The van der Waals surface area contributed by atoms with E-state index in [0.29, 0.717) is 6.42 Å². The molecule has 3 aromatic rings. The second kappa shape index (κ2) is 8.07. The van der Waals surface area contributed by atoms with E-state index in [-0.39, 0.29) is 12.5 Å². The number of aliphatic carboxylic acids is 1. The average molecular weight is 393 g/mol. The summed E-state index contributed by atoms with van der Waals surface area (Å²) in [5.74, 6) is 0.0413. The highest BCUT2D eigenvalue weighted by atomic mass is 35.5. The summed E-state index contributed by atoms with van der Waals surface area (Å²) >= 11 is 5.99. The lowest BCUT2D eigenvalue weighted by molar-refractivity contribution is -0.136. The van der Waals surface area contributed by atoms with Crippen molar-refractivity contribution in [2.45, 2.75) is 31.8 Å². The van der Waals surface area contributed by atoms with Crippen molar-refractivity contribution in [3.63, 3.8) is 0 Å². The van der Waals surface area contributed by atoms with E-state index in [2.05, 4.69) is 18.2 Å². The molecule has 0 heterocycles. The molecule has 1 N–H and O–H groups in total. The van der Waals surface area contributed by atoms with Crippen LogP contribution in [0.5, 0.6) is 5.75 Å². The van der Waals surface area contributed by atoms with Crippen LogP contribution in [0.3, 0.4) is 0 Å². The number of aryl methyl sites for hydroxylation is 2. The highest BCUT2D eigenvalue weighted by molar-refractivity contribution is 6.30. The van der Waals surface area contributed by atoms with Crippen LogP contribution >= 0.6 is 11.6 Å². The lowest BCUT2D eigenvalue weighted by atomic mass is 10.0. The lowest BCUT2D eigenvalue weighted by Gasteiger charge is -2.16. The zero-order chi connectivity index (χ0) is 19.5. The second-order valence-electron chi connectivity index (χ2n) is 7.10. The average Bonchev–Trinajstić information content (AvgIpc) is 3.10. The molecule has 142 valence electrons. The van der Waals surface area contributed by atoms with Gasteiger partial charge in [0.05, 0.1) is 0 Å². The Hall–Kier alpha value is -2.78. The fourth-order valence-electron chi connectivity index (χ4n) is 3.67. The van der Waals surface area contributed by atoms with E-state index in [1.54, 1.807) is 0 Å². The SMILES string of the molecule is O=C(O)CCc1ccc(OC2CCc3cc(-c4ccc(Cl)cc4)ccc32)cc1. The number of carboxylic acid groups (broad SMARTS) is 1. The van der Waals surface area contributed by atoms with Gasteiger partial charge in [-0.05, 0) is 71.3 Å². The maximum atomic E-state index is 10.7. The Balaban J connectivity index is 1.46. The number of benzene rings is 3. The van der Waals surface area contributed by atoms with Gasteiger partial charge >= 0.3 is 5.97 Å². The van der Waals surface area contributed by atoms with Gasteiger partial charge in [0.25, 0.3) is 0 Å². The fraction of sp³-hybridized carbons (Fsp3) is 0.208. The molecule has 4 rings (SSSR count). The lowest BCUT2D eigenvalue weighted by Crippen LogP contribution is -2.03. The van der Waals surface area contributed by atoms with Crippen LogP contribution in [0.4, 0.5) is 0 Å². The molecule has 0 amide bonds. The van der Waals surface area contributed by atoms with Crippen molar-refractivity contribution in [2.75, 3.05) is 0 Å². The minimum absolute atomic E-state index is 0.0548. The molecule has 0 radical (unpaired) electrons. The number of ether oxygens (including phenoxy) is 1. The zero-order valence-corrected chi connectivity index (χ0v) is 16.2. The Morgan fingerprint density at radius 1 is 1.00 bits per heavy atom. The first-order chi connectivity index (χ1) is 13.6. The summed E-state index contributed by atoms with van der Waals surface area (Å²) in [6, 6.07) is 22.2. The Morgan fingerprint density at radius 3 is 2.43 bits per heavy atom. The smallest absolute Gasteiger partial charge is 0.303 e. The number of rotatable bonds is 6. The first-order valence-electron chi connectivity index (χ1n) is 9.44. The van der Waals surface area contributed by atoms with Gasteiger partial charge in [-0.15, -0.1) is 0 Å². The number of halogens is 1. The van der Waals surface area contributed by atoms with Crippen LogP contribution in [0.2, 0.25) is 5.02 Å². The molecular formula is C24H21ClO3. The summed E-state index contributed by atoms with van der Waals surface area (Å²) in [5, 5.41) is 9.53. The second-order valence-corrected chi connectivity index (χ2v) is 7.54. The zero-order valence-electron chi connectivity index (χ0n) is 15.4. The monoisotopic (exact) mass is 392 g/mol. The number of fused-ring (bicyclic) bond motifs is 1. The van der Waals surface area contributed by atoms with Crippen molar-refractivity contribution in [2.24, 2.45) is 0 Å². The van der Waals surface area contributed by atoms with E-state index < -0.39 is 5.97 Å². The number of carboxylic acids is 1. The number of hydrogen-bond acceptors (Lipinski definition) is 2. The Bertz CT molecular complexity index is 978. The minimum atomic E-state index is -0.777. The highest BCUT2D eigenvalue weighted by Crippen LogP contribution is 2.37. The van der Waals surface area contributed by atoms with Crippen LogP contribution in [0.25, 0.3) is 11.1 Å². The quantitative estimate of drug-likeness (QED) is 0.552. The molecule has 28 heavy (non-hydrogen) atoms. The molecule has 3 aromatic carbocycles. The molecule has 1 unspecified atom stereocenters. The predicted molar refractivity (Wildman–Crippen MR) is 111 cm³/mol. The molecule has 1 aliphatic rings. The molecule has 0 aliphatic heterocycles. The van der Waals surface area contributed by atoms with E-state index in [1.165, 1.54) is 16.7 Å². The summed E-state index contributed by atoms with van der Waals surface area (Å²) in [6.07, 6.45) is 2.69. The third-order valence-corrected chi connectivity index (χ3v) is 5.42. The third-order valence-electron chi connectivity index (χ3n) is 5.17. The normalized spacial score (nSPS) is 15.2. The highest BCUT2D eigenvalue weighted by Gasteiger charge is 2.24. The summed E-state index contributed by atoms with van der Waals surface area (Å²) in [5.41, 5.74) is 5.93. The van der Waals surface area contributed by atoms with Crippen LogP contribution in [-0.2, 0) is 17.6 Å². The van der Waals surface area contributed by atoms with Crippen LogP contribution in [0.1, 0.15) is 35.6 Å². The minimum Gasteiger partial charge on any atom is -0.486 e. The maximum Gasteiger partial charge on any atom is 0.303 e. The Labute approximate surface area is 169 Å². The molecular weight excluding hydrogens is 372 g/mol. The summed E-state index contributed by atoms with van der Waals surface area (Å²) < 4.78 is 6.21. The van der Waals surface area contributed by atoms with E-state index >= 15 is 0 Å². The van der Waals surface area contributed by atoms with Crippen molar-refractivity contribution < 1.29 is 14.6 Å². The first kappa shape index (κ1) is 18.6. The molecule has 1 aliphatic carbocycles. The van der Waals surface area contributed by atoms with E-state index in [9.17, 15) is 4.79 Å². The van der Waals surface area contributed by atoms with E-state index in [1.807, 2.05) is 48.5 Å². The van der Waals surface area contributed by atoms with E-state index in [0.717, 1.165) is 34.7 Å². The largest absolute Gasteiger partial charge is 0.486 e. The van der Waals surface area contributed by atoms with Gasteiger partial charge in [-0.2, -0.15) is 0 Å². The summed E-state index contributed by atoms with van der Waals surface area (Å²) in [4.78, 5) is 10.7. The topological polar surface area (TPSA) is 46.5 Å². The molecule has 3 nitrogen and oxygen atoms in total. The summed E-state index contributed by atoms with van der Waals surface area (Å²) in [6.45, 7) is 0. The van der Waals surface area contributed by atoms with Crippen LogP contribution in [0, 0.1) is 0 Å². The van der Waals surface area contributed by atoms with Gasteiger partial charge < -0.3 is 9.84 Å². The molecule has 0 fully saturated rings. The van der Waals surface area contributed by atoms with Gasteiger partial charge in [0, 0.05) is 11.4 Å². The van der Waals surface area contributed by atoms with Crippen LogP contribution < -0.4 is 4.74 Å². The molecule has 4 heteroatoms. The number of hydrogen-bond donors (Lipinski definition) is 1. The van der Waals surface area contributed by atoms with Gasteiger partial charge in [0.15, 0.2) is 0 Å².